The highest BCUT2D eigenvalue weighted by Crippen LogP contribution is 2.33. The molecule has 0 spiro atoms. The van der Waals surface area contributed by atoms with Gasteiger partial charge < -0.3 is 11.1 Å². The van der Waals surface area contributed by atoms with Crippen LogP contribution in [0, 0.1) is 11.7 Å². The number of hydrogen-bond donors (Lipinski definition) is 2. The lowest BCUT2D eigenvalue weighted by Gasteiger charge is -2.23. The number of nitrogens with one attached hydrogen (secondary N) is 1. The molecule has 0 radical (unpaired) electrons. The summed E-state index contributed by atoms with van der Waals surface area (Å²) in [6.45, 7) is 4.25. The molecule has 1 unspecified atom stereocenters. The molecule has 0 bridgehead atoms. The molecule has 2 nitrogen and oxygen atoms in total. The van der Waals surface area contributed by atoms with Crippen LogP contribution in [0.1, 0.15) is 24.8 Å². The van der Waals surface area contributed by atoms with Crippen molar-refractivity contribution in [3.63, 3.8) is 0 Å². The fraction of sp³-hybridized carbons (Fsp3) is 0.286. The van der Waals surface area contributed by atoms with E-state index in [1.165, 1.54) is 17.0 Å². The molecule has 3 N–H and O–H groups in total. The molecular formula is C14H16ClFN2S. The number of rotatable bonds is 4. The van der Waals surface area contributed by atoms with Crippen LogP contribution in [0.4, 0.5) is 15.8 Å². The van der Waals surface area contributed by atoms with E-state index in [0.717, 1.165) is 0 Å². The summed E-state index contributed by atoms with van der Waals surface area (Å²) in [7, 11) is 0. The Labute approximate surface area is 121 Å². The Hall–Kier alpha value is -1.26. The molecule has 1 atom stereocenters. The van der Waals surface area contributed by atoms with Crippen molar-refractivity contribution >= 4 is 34.3 Å². The molecule has 1 aromatic carbocycles. The SMILES string of the molecule is CC(C)C(Nc1cc(Cl)c(F)cc1N)c1cccs1. The quantitative estimate of drug-likeness (QED) is 0.785. The Morgan fingerprint density at radius 2 is 2.11 bits per heavy atom. The van der Waals surface area contributed by atoms with Crippen LogP contribution in [0.25, 0.3) is 0 Å². The molecule has 0 amide bonds. The van der Waals surface area contributed by atoms with Crippen molar-refractivity contribution in [2.45, 2.75) is 19.9 Å². The standard InChI is InChI=1S/C14H16ClFN2S/c1-8(2)14(13-4-3-5-19-13)18-12-6-9(15)10(16)7-11(12)17/h3-8,14,18H,17H2,1-2H3. The largest absolute Gasteiger partial charge is 0.397 e. The van der Waals surface area contributed by atoms with Gasteiger partial charge in [-0.25, -0.2) is 4.39 Å². The third kappa shape index (κ3) is 3.19. The van der Waals surface area contributed by atoms with Crippen molar-refractivity contribution < 1.29 is 4.39 Å². The van der Waals surface area contributed by atoms with E-state index < -0.39 is 5.82 Å². The first-order chi connectivity index (χ1) is 8.99. The molecule has 0 saturated carbocycles. The second kappa shape index (κ2) is 5.80. The second-order valence-electron chi connectivity index (χ2n) is 4.74. The fourth-order valence-corrected chi connectivity index (χ4v) is 3.00. The molecule has 19 heavy (non-hydrogen) atoms. The summed E-state index contributed by atoms with van der Waals surface area (Å²) >= 11 is 7.49. The number of thiophene rings is 1. The topological polar surface area (TPSA) is 38.0 Å². The van der Waals surface area contributed by atoms with E-state index in [-0.39, 0.29) is 11.1 Å². The first-order valence-electron chi connectivity index (χ1n) is 6.03. The minimum atomic E-state index is -0.498. The highest BCUT2D eigenvalue weighted by atomic mass is 35.5. The average molecular weight is 299 g/mol. The van der Waals surface area contributed by atoms with E-state index in [4.69, 9.17) is 17.3 Å². The number of nitrogens with two attached hydrogens (primary N) is 1. The molecular weight excluding hydrogens is 283 g/mol. The van der Waals surface area contributed by atoms with Crippen molar-refractivity contribution in [3.05, 3.63) is 45.4 Å². The van der Waals surface area contributed by atoms with Gasteiger partial charge >= 0.3 is 0 Å². The molecule has 1 heterocycles. The number of halogens is 2. The number of benzene rings is 1. The molecule has 102 valence electrons. The van der Waals surface area contributed by atoms with Gasteiger partial charge in [-0.2, -0.15) is 0 Å². The molecule has 0 aliphatic rings. The summed E-state index contributed by atoms with van der Waals surface area (Å²) in [5.41, 5.74) is 6.86. The fourth-order valence-electron chi connectivity index (χ4n) is 1.89. The van der Waals surface area contributed by atoms with Crippen LogP contribution in [0.5, 0.6) is 0 Å². The molecule has 0 saturated heterocycles. The van der Waals surface area contributed by atoms with Crippen molar-refractivity contribution in [3.8, 4) is 0 Å². The smallest absolute Gasteiger partial charge is 0.143 e. The molecule has 5 heteroatoms. The molecule has 0 aliphatic carbocycles. The van der Waals surface area contributed by atoms with E-state index >= 15 is 0 Å². The zero-order valence-corrected chi connectivity index (χ0v) is 12.4. The van der Waals surface area contributed by atoms with Gasteiger partial charge in [0.05, 0.1) is 22.4 Å². The lowest BCUT2D eigenvalue weighted by atomic mass is 10.0. The van der Waals surface area contributed by atoms with Gasteiger partial charge in [0.1, 0.15) is 5.82 Å². The van der Waals surface area contributed by atoms with Crippen LogP contribution in [0.15, 0.2) is 29.6 Å². The zero-order valence-electron chi connectivity index (χ0n) is 10.8. The van der Waals surface area contributed by atoms with Gasteiger partial charge in [-0.1, -0.05) is 31.5 Å². The lowest BCUT2D eigenvalue weighted by molar-refractivity contribution is 0.554. The van der Waals surface area contributed by atoms with E-state index in [9.17, 15) is 4.39 Å². The number of nitrogen functional groups attached to an aromatic ring is 1. The minimum absolute atomic E-state index is 0.0744. The van der Waals surface area contributed by atoms with Crippen LogP contribution in [-0.4, -0.2) is 0 Å². The highest BCUT2D eigenvalue weighted by molar-refractivity contribution is 7.10. The van der Waals surface area contributed by atoms with Gasteiger partial charge in [-0.3, -0.25) is 0 Å². The Morgan fingerprint density at radius 3 is 2.68 bits per heavy atom. The van der Waals surface area contributed by atoms with Crippen LogP contribution in [-0.2, 0) is 0 Å². The molecule has 0 fully saturated rings. The lowest BCUT2D eigenvalue weighted by Crippen LogP contribution is -2.16. The van der Waals surface area contributed by atoms with Gasteiger partial charge in [-0.15, -0.1) is 11.3 Å². The highest BCUT2D eigenvalue weighted by Gasteiger charge is 2.18. The van der Waals surface area contributed by atoms with Crippen molar-refractivity contribution in [1.82, 2.24) is 0 Å². The van der Waals surface area contributed by atoms with Crippen molar-refractivity contribution in [2.24, 2.45) is 5.92 Å². The average Bonchev–Trinajstić information content (AvgIpc) is 2.85. The maximum atomic E-state index is 13.3. The molecule has 2 rings (SSSR count). The van der Waals surface area contributed by atoms with E-state index in [1.807, 2.05) is 11.4 Å². The van der Waals surface area contributed by atoms with E-state index in [0.29, 0.717) is 17.3 Å². The summed E-state index contributed by atoms with van der Waals surface area (Å²) in [6, 6.07) is 7.00. The Kier molecular flexibility index (Phi) is 4.32. The summed E-state index contributed by atoms with van der Waals surface area (Å²) in [6.07, 6.45) is 0. The maximum Gasteiger partial charge on any atom is 0.143 e. The predicted octanol–water partition coefficient (Wildman–Crippen LogP) is 4.93. The van der Waals surface area contributed by atoms with Crippen LogP contribution in [0.2, 0.25) is 5.02 Å². The normalized spacial score (nSPS) is 12.7. The summed E-state index contributed by atoms with van der Waals surface area (Å²) in [4.78, 5) is 1.22. The predicted molar refractivity (Wildman–Crippen MR) is 81.3 cm³/mol. The van der Waals surface area contributed by atoms with Crippen LogP contribution < -0.4 is 11.1 Å². The Morgan fingerprint density at radius 1 is 1.37 bits per heavy atom. The van der Waals surface area contributed by atoms with Crippen molar-refractivity contribution in [2.75, 3.05) is 11.1 Å². The van der Waals surface area contributed by atoms with Crippen molar-refractivity contribution in [1.29, 1.82) is 0 Å². The van der Waals surface area contributed by atoms with Crippen LogP contribution in [0.3, 0.4) is 0 Å². The summed E-state index contributed by atoms with van der Waals surface area (Å²) in [5.74, 6) is -0.121. The molecule has 1 aromatic heterocycles. The van der Waals surface area contributed by atoms with Gasteiger partial charge in [0, 0.05) is 10.9 Å². The first-order valence-corrected chi connectivity index (χ1v) is 7.29. The van der Waals surface area contributed by atoms with Crippen LogP contribution >= 0.6 is 22.9 Å². The third-order valence-corrected chi connectivity index (χ3v) is 4.16. The minimum Gasteiger partial charge on any atom is -0.397 e. The second-order valence-corrected chi connectivity index (χ2v) is 6.12. The van der Waals surface area contributed by atoms with Gasteiger partial charge in [0.2, 0.25) is 0 Å². The summed E-state index contributed by atoms with van der Waals surface area (Å²) in [5, 5.41) is 5.46. The molecule has 0 aliphatic heterocycles. The van der Waals surface area contributed by atoms with E-state index in [2.05, 4.69) is 25.2 Å². The molecule has 2 aromatic rings. The Balaban J connectivity index is 2.30. The number of anilines is 2. The van der Waals surface area contributed by atoms with Gasteiger partial charge in [0.25, 0.3) is 0 Å². The van der Waals surface area contributed by atoms with Gasteiger partial charge in [-0.05, 0) is 23.4 Å². The van der Waals surface area contributed by atoms with E-state index in [1.54, 1.807) is 11.3 Å². The zero-order chi connectivity index (χ0) is 14.0. The van der Waals surface area contributed by atoms with Gasteiger partial charge in [0.15, 0.2) is 0 Å². The number of hydrogen-bond acceptors (Lipinski definition) is 3. The summed E-state index contributed by atoms with van der Waals surface area (Å²) < 4.78 is 13.3. The third-order valence-electron chi connectivity index (χ3n) is 2.92. The Bertz CT molecular complexity index is 555. The first kappa shape index (κ1) is 14.2. The monoisotopic (exact) mass is 298 g/mol. The maximum absolute atomic E-state index is 13.3.